The van der Waals surface area contributed by atoms with Crippen LogP contribution in [0.2, 0.25) is 0 Å². The van der Waals surface area contributed by atoms with Crippen molar-refractivity contribution in [2.24, 2.45) is 0 Å². The fraction of sp³-hybridized carbons (Fsp3) is 0. The van der Waals surface area contributed by atoms with Gasteiger partial charge in [-0.3, -0.25) is 4.57 Å². The number of benzene rings is 9. The Bertz CT molecular complexity index is 3640. The topological polar surface area (TPSA) is 72.3 Å². The SMILES string of the molecule is N#Cc1ccccc1-c1ccc(-n2c3ccc(-c4ccccc4)cc3c3cc(-c4ccccc4)ccc32)c(-c2nc(-c3ccccc3)nc(-n3c4ccccc4c4ccccc43)n2)c1. The second-order valence-electron chi connectivity index (χ2n) is 15.9. The van der Waals surface area contributed by atoms with E-state index in [4.69, 9.17) is 15.0 Å². The predicted molar refractivity (Wildman–Crippen MR) is 260 cm³/mol. The average molecular weight is 817 g/mol. The van der Waals surface area contributed by atoms with E-state index in [1.807, 2.05) is 54.6 Å². The quantitative estimate of drug-likeness (QED) is 0.161. The van der Waals surface area contributed by atoms with Gasteiger partial charge >= 0.3 is 0 Å². The minimum absolute atomic E-state index is 0.508. The van der Waals surface area contributed by atoms with Gasteiger partial charge in [0.25, 0.3) is 0 Å². The zero-order chi connectivity index (χ0) is 42.6. The lowest BCUT2D eigenvalue weighted by Gasteiger charge is -2.17. The van der Waals surface area contributed by atoms with E-state index in [0.717, 1.165) is 93.8 Å². The predicted octanol–water partition coefficient (Wildman–Crippen LogP) is 14.3. The molecule has 0 radical (unpaired) electrons. The van der Waals surface area contributed by atoms with Crippen LogP contribution in [0.3, 0.4) is 0 Å². The zero-order valence-electron chi connectivity index (χ0n) is 34.5. The minimum Gasteiger partial charge on any atom is -0.308 e. The van der Waals surface area contributed by atoms with Gasteiger partial charge in [0.2, 0.25) is 5.95 Å². The normalized spacial score (nSPS) is 11.4. The van der Waals surface area contributed by atoms with E-state index < -0.39 is 0 Å². The fourth-order valence-corrected chi connectivity index (χ4v) is 9.25. The molecule has 0 spiro atoms. The van der Waals surface area contributed by atoms with Gasteiger partial charge in [0.1, 0.15) is 0 Å². The maximum Gasteiger partial charge on any atom is 0.238 e. The number of hydrogen-bond donors (Lipinski definition) is 0. The Kier molecular flexibility index (Phi) is 8.77. The van der Waals surface area contributed by atoms with E-state index in [0.29, 0.717) is 23.2 Å². The molecule has 3 heterocycles. The molecule has 12 aromatic rings. The molecule has 3 aromatic heterocycles. The molecule has 0 aliphatic rings. The molecule has 0 aliphatic heterocycles. The highest BCUT2D eigenvalue weighted by Gasteiger charge is 2.23. The van der Waals surface area contributed by atoms with Crippen molar-refractivity contribution in [2.75, 3.05) is 0 Å². The van der Waals surface area contributed by atoms with Gasteiger partial charge in [-0.15, -0.1) is 0 Å². The fourth-order valence-electron chi connectivity index (χ4n) is 9.25. The summed E-state index contributed by atoms with van der Waals surface area (Å²) in [5.74, 6) is 1.57. The van der Waals surface area contributed by atoms with Gasteiger partial charge < -0.3 is 4.57 Å². The first-order chi connectivity index (χ1) is 31.7. The van der Waals surface area contributed by atoms with E-state index in [1.165, 1.54) is 0 Å². The Morgan fingerprint density at radius 2 is 0.812 bits per heavy atom. The molecule has 0 amide bonds. The number of nitriles is 1. The Labute approximate surface area is 369 Å². The van der Waals surface area contributed by atoms with Crippen LogP contribution in [0.5, 0.6) is 0 Å². The van der Waals surface area contributed by atoms with Crippen LogP contribution in [0.1, 0.15) is 5.56 Å². The van der Waals surface area contributed by atoms with Crippen LogP contribution in [0, 0.1) is 11.3 Å². The summed E-state index contributed by atoms with van der Waals surface area (Å²) < 4.78 is 4.49. The van der Waals surface area contributed by atoms with Crippen molar-refractivity contribution < 1.29 is 0 Å². The van der Waals surface area contributed by atoms with Crippen molar-refractivity contribution in [2.45, 2.75) is 0 Å². The maximum atomic E-state index is 10.3. The summed E-state index contributed by atoms with van der Waals surface area (Å²) in [6.07, 6.45) is 0. The summed E-state index contributed by atoms with van der Waals surface area (Å²) in [4.78, 5) is 16.0. The molecule has 64 heavy (non-hydrogen) atoms. The first kappa shape index (κ1) is 36.9. The van der Waals surface area contributed by atoms with Crippen molar-refractivity contribution >= 4 is 43.6 Å². The molecule has 0 aliphatic carbocycles. The molecular formula is C58H36N6. The number of hydrogen-bond acceptors (Lipinski definition) is 4. The summed E-state index contributed by atoms with van der Waals surface area (Å²) in [6, 6.07) is 78.0. The van der Waals surface area contributed by atoms with Crippen LogP contribution < -0.4 is 0 Å². The molecular weight excluding hydrogens is 781 g/mol. The van der Waals surface area contributed by atoms with Gasteiger partial charge in [0, 0.05) is 32.7 Å². The van der Waals surface area contributed by atoms with Gasteiger partial charge in [-0.05, 0) is 88.0 Å². The second-order valence-corrected chi connectivity index (χ2v) is 15.9. The summed E-state index contributed by atoms with van der Waals surface area (Å²) >= 11 is 0. The van der Waals surface area contributed by atoms with Gasteiger partial charge in [0.15, 0.2) is 11.6 Å². The largest absolute Gasteiger partial charge is 0.308 e. The van der Waals surface area contributed by atoms with Gasteiger partial charge in [-0.2, -0.15) is 15.2 Å². The molecule has 0 atom stereocenters. The van der Waals surface area contributed by atoms with Gasteiger partial charge in [-0.25, -0.2) is 4.98 Å². The molecule has 0 fully saturated rings. The van der Waals surface area contributed by atoms with Crippen molar-refractivity contribution in [3.05, 3.63) is 224 Å². The average Bonchev–Trinajstić information content (AvgIpc) is 3.89. The first-order valence-electron chi connectivity index (χ1n) is 21.3. The summed E-state index contributed by atoms with van der Waals surface area (Å²) in [7, 11) is 0. The Balaban J connectivity index is 1.18. The molecule has 298 valence electrons. The molecule has 0 saturated heterocycles. The Hall–Kier alpha value is -8.92. The molecule has 12 rings (SSSR count). The van der Waals surface area contributed by atoms with Crippen molar-refractivity contribution in [3.8, 4) is 73.9 Å². The Morgan fingerprint density at radius 1 is 0.328 bits per heavy atom. The minimum atomic E-state index is 0.508. The third-order valence-corrected chi connectivity index (χ3v) is 12.3. The van der Waals surface area contributed by atoms with Crippen molar-refractivity contribution in [3.63, 3.8) is 0 Å². The number of nitrogens with zero attached hydrogens (tertiary/aromatic N) is 6. The van der Waals surface area contributed by atoms with E-state index in [-0.39, 0.29) is 0 Å². The summed E-state index contributed by atoms with van der Waals surface area (Å²) in [5.41, 5.74) is 13.6. The summed E-state index contributed by atoms with van der Waals surface area (Å²) in [6.45, 7) is 0. The highest BCUT2D eigenvalue weighted by Crippen LogP contribution is 2.41. The molecule has 0 saturated carbocycles. The van der Waals surface area contributed by atoms with Crippen LogP contribution in [0.25, 0.3) is 111 Å². The van der Waals surface area contributed by atoms with E-state index >= 15 is 0 Å². The van der Waals surface area contributed by atoms with Gasteiger partial charge in [0.05, 0.1) is 39.4 Å². The number of aromatic nitrogens is 5. The molecule has 9 aromatic carbocycles. The maximum absolute atomic E-state index is 10.3. The highest BCUT2D eigenvalue weighted by atomic mass is 15.2. The van der Waals surface area contributed by atoms with Gasteiger partial charge in [-0.1, -0.05) is 164 Å². The molecule has 0 unspecified atom stereocenters. The molecule has 0 bridgehead atoms. The van der Waals surface area contributed by atoms with Crippen LogP contribution in [0.4, 0.5) is 0 Å². The first-order valence-corrected chi connectivity index (χ1v) is 21.3. The van der Waals surface area contributed by atoms with Crippen LogP contribution in [-0.4, -0.2) is 24.1 Å². The Morgan fingerprint density at radius 3 is 1.41 bits per heavy atom. The lowest BCUT2D eigenvalue weighted by molar-refractivity contribution is 0.952. The smallest absolute Gasteiger partial charge is 0.238 e. The van der Waals surface area contributed by atoms with Crippen molar-refractivity contribution in [1.29, 1.82) is 5.26 Å². The van der Waals surface area contributed by atoms with Crippen LogP contribution in [-0.2, 0) is 0 Å². The van der Waals surface area contributed by atoms with Crippen molar-refractivity contribution in [1.82, 2.24) is 24.1 Å². The summed E-state index contributed by atoms with van der Waals surface area (Å²) in [5, 5.41) is 14.8. The second kappa shape index (κ2) is 15.2. The molecule has 6 heteroatoms. The van der Waals surface area contributed by atoms with Crippen LogP contribution >= 0.6 is 0 Å². The number of fused-ring (bicyclic) bond motifs is 6. The lowest BCUT2D eigenvalue weighted by atomic mass is 9.97. The molecule has 0 N–H and O–H groups in total. The third-order valence-electron chi connectivity index (χ3n) is 12.3. The highest BCUT2D eigenvalue weighted by molar-refractivity contribution is 6.12. The number of rotatable bonds is 7. The monoisotopic (exact) mass is 816 g/mol. The number of para-hydroxylation sites is 2. The van der Waals surface area contributed by atoms with E-state index in [9.17, 15) is 5.26 Å². The molecule has 6 nitrogen and oxygen atoms in total. The third kappa shape index (κ3) is 6.14. The lowest BCUT2D eigenvalue weighted by Crippen LogP contribution is -2.08. The van der Waals surface area contributed by atoms with Crippen LogP contribution in [0.15, 0.2) is 218 Å². The standard InChI is InChI=1S/C58H36N6/c59-37-44-22-10-11-23-45(44)43-30-33-55(63-53-31-28-41(38-16-4-1-5-17-38)34-48(53)49-35-42(29-32-54(49)63)39-18-6-2-7-19-39)50(36-43)57-60-56(40-20-8-3-9-21-40)61-58(62-57)64-51-26-14-12-24-46(51)47-25-13-15-27-52(47)64/h1-36H. The van der Waals surface area contributed by atoms with E-state index in [2.05, 4.69) is 179 Å². The van der Waals surface area contributed by atoms with E-state index in [1.54, 1.807) is 0 Å². The zero-order valence-corrected chi connectivity index (χ0v) is 34.5.